The number of aliphatic hydroxyl groups is 1. The molecular weight excluding hydrogens is 1350 g/mol. The highest BCUT2D eigenvalue weighted by Crippen LogP contribution is 2.45. The summed E-state index contributed by atoms with van der Waals surface area (Å²) in [4.78, 5) is 73.0. The molecule has 0 aromatic carbocycles. The van der Waals surface area contributed by atoms with Crippen LogP contribution in [0.4, 0.5) is 0 Å². The quantitative estimate of drug-likeness (QED) is 0.0222. The van der Waals surface area contributed by atoms with Crippen molar-refractivity contribution in [2.75, 3.05) is 39.6 Å². The summed E-state index contributed by atoms with van der Waals surface area (Å²) in [6.45, 7) is 9.68. The molecule has 17 nitrogen and oxygen atoms in total. The third-order valence-electron chi connectivity index (χ3n) is 20.0. The molecule has 0 saturated carbocycles. The highest BCUT2D eigenvalue weighted by Gasteiger charge is 2.30. The number of phosphoric acid groups is 2. The maximum atomic E-state index is 13.1. The Kier molecular flexibility index (Phi) is 75.0. The third-order valence-corrected chi connectivity index (χ3v) is 21.9. The van der Waals surface area contributed by atoms with Crippen molar-refractivity contribution in [2.45, 2.75) is 471 Å². The molecule has 0 aliphatic heterocycles. The molecule has 0 aromatic heterocycles. The van der Waals surface area contributed by atoms with Gasteiger partial charge in [-0.3, -0.25) is 37.3 Å². The van der Waals surface area contributed by atoms with Gasteiger partial charge in [-0.1, -0.05) is 401 Å². The molecule has 0 rings (SSSR count). The minimum absolute atomic E-state index is 0.107. The Morgan fingerprint density at radius 2 is 0.442 bits per heavy atom. The number of rotatable bonds is 84. The first-order valence-electron chi connectivity index (χ1n) is 44.0. The first-order valence-corrected chi connectivity index (χ1v) is 47.0. The van der Waals surface area contributed by atoms with Crippen molar-refractivity contribution in [3.63, 3.8) is 0 Å². The van der Waals surface area contributed by atoms with Gasteiger partial charge in [0.05, 0.1) is 26.4 Å². The number of esters is 4. The predicted octanol–water partition coefficient (Wildman–Crippen LogP) is 25.8. The van der Waals surface area contributed by atoms with Gasteiger partial charge in [-0.25, -0.2) is 9.13 Å². The fraction of sp³-hybridized carbons (Fsp3) is 0.953. The standard InChI is InChI=1S/C85H166O17P2/c1-7-9-11-13-15-16-17-18-19-20-21-25-28-34-39-44-50-56-62-68-83(88)96-74-81(102-85(90)70-63-57-51-45-40-35-29-26-23-22-24-27-32-37-42-48-53-59-65-77(3)4)76-100-104(93,94)98-72-79(86)71-97-103(91,92)99-75-80(73-95-82(87)67-61-55-47-14-12-10-8-2)101-84(89)69-64-58-52-46-41-36-31-30-33-38-43-49-54-60-66-78(5)6/h77-81,86H,7-76H2,1-6H3,(H,91,92)(H,93,94)/t79-,80+,81+/m0/s1. The fourth-order valence-corrected chi connectivity index (χ4v) is 14.8. The minimum atomic E-state index is -4.96. The van der Waals surface area contributed by atoms with E-state index < -0.39 is 97.5 Å². The van der Waals surface area contributed by atoms with Crippen molar-refractivity contribution in [2.24, 2.45) is 11.8 Å². The molecular formula is C85H166O17P2. The van der Waals surface area contributed by atoms with Gasteiger partial charge < -0.3 is 33.8 Å². The monoisotopic (exact) mass is 1520 g/mol. The summed E-state index contributed by atoms with van der Waals surface area (Å²) in [6, 6.07) is 0. The topological polar surface area (TPSA) is 237 Å². The Labute approximate surface area is 638 Å². The molecule has 3 N–H and O–H groups in total. The van der Waals surface area contributed by atoms with Gasteiger partial charge in [0.1, 0.15) is 19.3 Å². The molecule has 0 fully saturated rings. The first-order chi connectivity index (χ1) is 50.4. The number of phosphoric ester groups is 2. The Morgan fingerprint density at radius 1 is 0.260 bits per heavy atom. The van der Waals surface area contributed by atoms with Crippen LogP contribution in [-0.4, -0.2) is 96.7 Å². The van der Waals surface area contributed by atoms with Gasteiger partial charge in [0, 0.05) is 25.7 Å². The van der Waals surface area contributed by atoms with E-state index in [1.54, 1.807) is 0 Å². The van der Waals surface area contributed by atoms with Crippen LogP contribution in [0.1, 0.15) is 452 Å². The van der Waals surface area contributed by atoms with Crippen molar-refractivity contribution < 1.29 is 80.2 Å². The summed E-state index contributed by atoms with van der Waals surface area (Å²) < 4.78 is 68.7. The number of carbonyl (C=O) groups excluding carboxylic acids is 4. The number of aliphatic hydroxyl groups excluding tert-OH is 1. The lowest BCUT2D eigenvalue weighted by atomic mass is 10.0. The van der Waals surface area contributed by atoms with E-state index in [1.807, 2.05) is 0 Å². The largest absolute Gasteiger partial charge is 0.472 e. The number of carbonyl (C=O) groups is 4. The Balaban J connectivity index is 5.16. The zero-order valence-corrected chi connectivity index (χ0v) is 70.1. The SMILES string of the molecule is CCCCCCCCCCCCCCCCCCCCCC(=O)OC[C@H](COP(=O)(O)OC[C@@H](O)COP(=O)(O)OC[C@@H](COC(=O)CCCCCCCCC)OC(=O)CCCCCCCCCCCCCCCCC(C)C)OC(=O)CCCCCCCCCCCCCCCCCCCCC(C)C. The van der Waals surface area contributed by atoms with Crippen LogP contribution < -0.4 is 0 Å². The van der Waals surface area contributed by atoms with Crippen molar-refractivity contribution in [3.05, 3.63) is 0 Å². The maximum Gasteiger partial charge on any atom is 0.472 e. The molecule has 0 bridgehead atoms. The van der Waals surface area contributed by atoms with Crippen LogP contribution in [0.25, 0.3) is 0 Å². The van der Waals surface area contributed by atoms with E-state index in [0.29, 0.717) is 25.7 Å². The average molecular weight is 1520 g/mol. The van der Waals surface area contributed by atoms with E-state index in [-0.39, 0.29) is 25.7 Å². The zero-order chi connectivity index (χ0) is 76.4. The van der Waals surface area contributed by atoms with Gasteiger partial charge in [0.2, 0.25) is 0 Å². The van der Waals surface area contributed by atoms with Crippen LogP contribution in [0.2, 0.25) is 0 Å². The molecule has 2 unspecified atom stereocenters. The number of ether oxygens (including phenoxy) is 4. The second-order valence-corrected chi connectivity index (χ2v) is 34.4. The molecule has 0 radical (unpaired) electrons. The van der Waals surface area contributed by atoms with Crippen molar-refractivity contribution >= 4 is 39.5 Å². The molecule has 0 heterocycles. The Morgan fingerprint density at radius 3 is 0.654 bits per heavy atom. The zero-order valence-electron chi connectivity index (χ0n) is 68.3. The van der Waals surface area contributed by atoms with Crippen LogP contribution in [0, 0.1) is 11.8 Å². The molecule has 0 aliphatic rings. The highest BCUT2D eigenvalue weighted by atomic mass is 31.2. The van der Waals surface area contributed by atoms with E-state index in [2.05, 4.69) is 41.5 Å². The summed E-state index contributed by atoms with van der Waals surface area (Å²) >= 11 is 0. The van der Waals surface area contributed by atoms with Crippen LogP contribution >= 0.6 is 15.6 Å². The van der Waals surface area contributed by atoms with Gasteiger partial charge in [0.15, 0.2) is 12.2 Å². The second-order valence-electron chi connectivity index (χ2n) is 31.5. The smallest absolute Gasteiger partial charge is 0.462 e. The van der Waals surface area contributed by atoms with Crippen LogP contribution in [-0.2, 0) is 65.4 Å². The average Bonchev–Trinajstić information content (AvgIpc) is 0.922. The second kappa shape index (κ2) is 76.4. The molecule has 0 aromatic rings. The molecule has 0 aliphatic carbocycles. The molecule has 618 valence electrons. The van der Waals surface area contributed by atoms with Crippen LogP contribution in [0.15, 0.2) is 0 Å². The normalized spacial score (nSPS) is 13.8. The lowest BCUT2D eigenvalue weighted by Crippen LogP contribution is -2.30. The molecule has 0 amide bonds. The summed E-state index contributed by atoms with van der Waals surface area (Å²) in [5.74, 6) is -0.492. The summed E-state index contributed by atoms with van der Waals surface area (Å²) in [6.07, 6.45) is 68.3. The summed E-state index contributed by atoms with van der Waals surface area (Å²) in [5.41, 5.74) is 0. The maximum absolute atomic E-state index is 13.1. The molecule has 5 atom stereocenters. The van der Waals surface area contributed by atoms with E-state index in [0.717, 1.165) is 115 Å². The number of hydrogen-bond donors (Lipinski definition) is 3. The molecule has 19 heteroatoms. The van der Waals surface area contributed by atoms with E-state index >= 15 is 0 Å². The van der Waals surface area contributed by atoms with Crippen molar-refractivity contribution in [1.82, 2.24) is 0 Å². The Bertz CT molecular complexity index is 1990. The lowest BCUT2D eigenvalue weighted by Gasteiger charge is -2.21. The van der Waals surface area contributed by atoms with Crippen molar-refractivity contribution in [3.8, 4) is 0 Å². The highest BCUT2D eigenvalue weighted by molar-refractivity contribution is 7.47. The predicted molar refractivity (Wildman–Crippen MR) is 428 cm³/mol. The van der Waals surface area contributed by atoms with E-state index in [1.165, 1.54) is 257 Å². The molecule has 0 saturated heterocycles. The van der Waals surface area contributed by atoms with Crippen molar-refractivity contribution in [1.29, 1.82) is 0 Å². The summed E-state index contributed by atoms with van der Waals surface area (Å²) in [5, 5.41) is 10.6. The third kappa shape index (κ3) is 78.2. The summed E-state index contributed by atoms with van der Waals surface area (Å²) in [7, 11) is -9.92. The first kappa shape index (κ1) is 102. The Hall–Kier alpha value is -1.94. The van der Waals surface area contributed by atoms with E-state index in [4.69, 9.17) is 37.0 Å². The van der Waals surface area contributed by atoms with Gasteiger partial charge in [-0.15, -0.1) is 0 Å². The van der Waals surface area contributed by atoms with Gasteiger partial charge in [-0.2, -0.15) is 0 Å². The lowest BCUT2D eigenvalue weighted by molar-refractivity contribution is -0.161. The minimum Gasteiger partial charge on any atom is -0.462 e. The molecule has 104 heavy (non-hydrogen) atoms. The van der Waals surface area contributed by atoms with Gasteiger partial charge in [-0.05, 0) is 37.5 Å². The fourth-order valence-electron chi connectivity index (χ4n) is 13.2. The van der Waals surface area contributed by atoms with Gasteiger partial charge in [0.25, 0.3) is 0 Å². The van der Waals surface area contributed by atoms with Crippen LogP contribution in [0.5, 0.6) is 0 Å². The number of hydrogen-bond acceptors (Lipinski definition) is 15. The molecule has 0 spiro atoms. The van der Waals surface area contributed by atoms with Gasteiger partial charge >= 0.3 is 39.5 Å². The van der Waals surface area contributed by atoms with E-state index in [9.17, 15) is 43.2 Å². The van der Waals surface area contributed by atoms with Crippen LogP contribution in [0.3, 0.4) is 0 Å². The number of unbranched alkanes of at least 4 members (excludes halogenated alkanes) is 54.